The maximum absolute atomic E-state index is 13.3. The highest BCUT2D eigenvalue weighted by Crippen LogP contribution is 2.32. The fourth-order valence-corrected chi connectivity index (χ4v) is 3.26. The molecule has 0 saturated heterocycles. The summed E-state index contributed by atoms with van der Waals surface area (Å²) in [6.07, 6.45) is -4.83. The molecule has 0 aliphatic heterocycles. The summed E-state index contributed by atoms with van der Waals surface area (Å²) in [7, 11) is 0. The summed E-state index contributed by atoms with van der Waals surface area (Å²) in [5.41, 5.74) is -0.487. The number of hydrogen-bond acceptors (Lipinski definition) is 5. The van der Waals surface area contributed by atoms with Gasteiger partial charge >= 0.3 is 12.5 Å². The van der Waals surface area contributed by atoms with Gasteiger partial charge in [0.2, 0.25) is 5.95 Å². The molecule has 0 bridgehead atoms. The highest BCUT2D eigenvalue weighted by molar-refractivity contribution is 5.62. The first-order valence-corrected chi connectivity index (χ1v) is 9.36. The average Bonchev–Trinajstić information content (AvgIpc) is 2.63. The normalized spacial score (nSPS) is 15.7. The van der Waals surface area contributed by atoms with Crippen molar-refractivity contribution in [3.05, 3.63) is 35.5 Å². The van der Waals surface area contributed by atoms with Crippen LogP contribution in [0.4, 0.5) is 43.8 Å². The molecule has 5 nitrogen and oxygen atoms in total. The van der Waals surface area contributed by atoms with E-state index in [0.29, 0.717) is 11.3 Å². The van der Waals surface area contributed by atoms with Crippen LogP contribution in [0.25, 0.3) is 0 Å². The van der Waals surface area contributed by atoms with E-state index in [0.717, 1.165) is 50.3 Å². The van der Waals surface area contributed by atoms with Crippen LogP contribution < -0.4 is 15.4 Å². The number of aromatic nitrogens is 2. The molecule has 0 unspecified atom stereocenters. The Hall–Kier alpha value is -2.72. The zero-order valence-electron chi connectivity index (χ0n) is 16.0. The number of ether oxygens (including phenoxy) is 1. The third-order valence-electron chi connectivity index (χ3n) is 4.65. The van der Waals surface area contributed by atoms with Gasteiger partial charge in [0.1, 0.15) is 11.6 Å². The third-order valence-corrected chi connectivity index (χ3v) is 4.65. The number of anilines is 3. The van der Waals surface area contributed by atoms with Crippen LogP contribution in [0.1, 0.15) is 43.4 Å². The van der Waals surface area contributed by atoms with Crippen LogP contribution in [-0.2, 0) is 6.18 Å². The molecule has 2 N–H and O–H groups in total. The average molecular weight is 434 g/mol. The van der Waals surface area contributed by atoms with Crippen LogP contribution in [0.5, 0.6) is 5.75 Å². The lowest BCUT2D eigenvalue weighted by Crippen LogP contribution is -2.24. The van der Waals surface area contributed by atoms with Crippen molar-refractivity contribution in [1.29, 1.82) is 0 Å². The minimum absolute atomic E-state index is 0.00406. The van der Waals surface area contributed by atoms with Gasteiger partial charge in [-0.05, 0) is 43.5 Å². The van der Waals surface area contributed by atoms with Crippen molar-refractivity contribution in [2.75, 3.05) is 10.6 Å². The predicted molar refractivity (Wildman–Crippen MR) is 98.7 cm³/mol. The zero-order valence-corrected chi connectivity index (χ0v) is 16.0. The summed E-state index contributed by atoms with van der Waals surface area (Å²) < 4.78 is 80.7. The van der Waals surface area contributed by atoms with Crippen LogP contribution in [0.3, 0.4) is 0 Å². The van der Waals surface area contributed by atoms with Crippen molar-refractivity contribution in [2.24, 2.45) is 0 Å². The first-order valence-electron chi connectivity index (χ1n) is 9.36. The topological polar surface area (TPSA) is 59.1 Å². The molecule has 0 amide bonds. The number of halogens is 6. The number of aryl methyl sites for hydroxylation is 1. The van der Waals surface area contributed by atoms with Crippen molar-refractivity contribution < 1.29 is 31.1 Å². The Balaban J connectivity index is 1.84. The minimum atomic E-state index is -4.84. The van der Waals surface area contributed by atoms with Crippen LogP contribution in [-0.4, -0.2) is 22.4 Å². The van der Waals surface area contributed by atoms with Gasteiger partial charge < -0.3 is 15.4 Å². The number of nitrogens with one attached hydrogen (secondary N) is 2. The van der Waals surface area contributed by atoms with Gasteiger partial charge in [-0.15, -0.1) is 13.2 Å². The van der Waals surface area contributed by atoms with Gasteiger partial charge in [0.25, 0.3) is 0 Å². The van der Waals surface area contributed by atoms with Gasteiger partial charge in [-0.25, -0.2) is 4.98 Å². The molecular weight excluding hydrogens is 414 g/mol. The van der Waals surface area contributed by atoms with Gasteiger partial charge in [0.05, 0.1) is 0 Å². The second-order valence-electron chi connectivity index (χ2n) is 7.09. The molecule has 2 aromatic rings. The molecule has 11 heteroatoms. The molecule has 164 valence electrons. The van der Waals surface area contributed by atoms with Gasteiger partial charge in [-0.1, -0.05) is 19.3 Å². The Morgan fingerprint density at radius 2 is 1.67 bits per heavy atom. The summed E-state index contributed by atoms with van der Waals surface area (Å²) in [6.45, 7) is 1.50. The first-order chi connectivity index (χ1) is 14.0. The smallest absolute Gasteiger partial charge is 0.406 e. The van der Waals surface area contributed by atoms with Crippen LogP contribution >= 0.6 is 0 Å². The van der Waals surface area contributed by atoms with Crippen molar-refractivity contribution >= 4 is 17.5 Å². The lowest BCUT2D eigenvalue weighted by Gasteiger charge is -2.23. The number of nitrogens with zero attached hydrogens (tertiary/aromatic N) is 2. The van der Waals surface area contributed by atoms with Gasteiger partial charge in [0.15, 0.2) is 5.69 Å². The van der Waals surface area contributed by atoms with Crippen molar-refractivity contribution in [2.45, 2.75) is 57.6 Å². The summed E-state index contributed by atoms with van der Waals surface area (Å²) in [5.74, 6) is -0.694. The third kappa shape index (κ3) is 6.14. The van der Waals surface area contributed by atoms with Crippen molar-refractivity contribution in [1.82, 2.24) is 9.97 Å². The molecule has 1 saturated carbocycles. The van der Waals surface area contributed by atoms with E-state index >= 15 is 0 Å². The van der Waals surface area contributed by atoms with E-state index in [1.54, 1.807) is 0 Å². The molecule has 3 rings (SSSR count). The second-order valence-corrected chi connectivity index (χ2v) is 7.09. The van der Waals surface area contributed by atoms with E-state index in [1.165, 1.54) is 13.0 Å². The van der Waals surface area contributed by atoms with E-state index in [-0.39, 0.29) is 17.8 Å². The maximum atomic E-state index is 13.3. The van der Waals surface area contributed by atoms with Crippen LogP contribution in [0.15, 0.2) is 24.3 Å². The number of rotatable bonds is 5. The highest BCUT2D eigenvalue weighted by atomic mass is 19.4. The van der Waals surface area contributed by atoms with E-state index in [9.17, 15) is 26.3 Å². The molecule has 1 heterocycles. The first kappa shape index (κ1) is 22.0. The Morgan fingerprint density at radius 1 is 0.967 bits per heavy atom. The van der Waals surface area contributed by atoms with E-state index in [2.05, 4.69) is 25.3 Å². The molecule has 0 atom stereocenters. The highest BCUT2D eigenvalue weighted by Gasteiger charge is 2.34. The van der Waals surface area contributed by atoms with Crippen molar-refractivity contribution in [3.8, 4) is 5.75 Å². The monoisotopic (exact) mass is 434 g/mol. The zero-order chi connectivity index (χ0) is 21.9. The minimum Gasteiger partial charge on any atom is -0.406 e. The van der Waals surface area contributed by atoms with Gasteiger partial charge in [-0.3, -0.25) is 0 Å². The Morgan fingerprint density at radius 3 is 2.27 bits per heavy atom. The van der Waals surface area contributed by atoms with Gasteiger partial charge in [-0.2, -0.15) is 18.2 Å². The molecular formula is C19H20F6N4O. The van der Waals surface area contributed by atoms with Crippen molar-refractivity contribution in [3.63, 3.8) is 0 Å². The van der Waals surface area contributed by atoms with E-state index < -0.39 is 24.0 Å². The largest absolute Gasteiger partial charge is 0.573 e. The number of benzene rings is 1. The standard InChI is InChI=1S/C19H20F6N4O/c1-11-9-13(30-19(23,24)25)7-8-14(11)27-16-10-15(18(20,21)22)28-17(29-16)26-12-5-3-2-4-6-12/h7-10,12H,2-6H2,1H3,(H2,26,27,28,29). The summed E-state index contributed by atoms with van der Waals surface area (Å²) in [5, 5.41) is 5.69. The molecule has 1 aromatic carbocycles. The number of hydrogen-bond donors (Lipinski definition) is 2. The summed E-state index contributed by atoms with van der Waals surface area (Å²) in [4.78, 5) is 7.70. The Labute approximate surface area is 168 Å². The Kier molecular flexibility index (Phi) is 6.27. The fraction of sp³-hybridized carbons (Fsp3) is 0.474. The second kappa shape index (κ2) is 8.57. The lowest BCUT2D eigenvalue weighted by atomic mass is 9.96. The number of alkyl halides is 6. The van der Waals surface area contributed by atoms with E-state index in [1.807, 2.05) is 0 Å². The fourth-order valence-electron chi connectivity index (χ4n) is 3.26. The molecule has 0 radical (unpaired) electrons. The maximum Gasteiger partial charge on any atom is 0.573 e. The molecule has 30 heavy (non-hydrogen) atoms. The van der Waals surface area contributed by atoms with Crippen LogP contribution in [0, 0.1) is 6.92 Å². The summed E-state index contributed by atoms with van der Waals surface area (Å²) in [6, 6.07) is 4.22. The molecule has 1 aliphatic rings. The molecule has 0 spiro atoms. The Bertz CT molecular complexity index is 878. The SMILES string of the molecule is Cc1cc(OC(F)(F)F)ccc1Nc1cc(C(F)(F)F)nc(NC2CCCCC2)n1. The quantitative estimate of drug-likeness (QED) is 0.550. The van der Waals surface area contributed by atoms with Crippen LogP contribution in [0.2, 0.25) is 0 Å². The lowest BCUT2D eigenvalue weighted by molar-refractivity contribution is -0.274. The summed E-state index contributed by atoms with van der Waals surface area (Å²) >= 11 is 0. The molecule has 1 aromatic heterocycles. The molecule has 1 fully saturated rings. The molecule has 1 aliphatic carbocycles. The van der Waals surface area contributed by atoms with Gasteiger partial charge in [0, 0.05) is 17.8 Å². The van der Waals surface area contributed by atoms with E-state index in [4.69, 9.17) is 0 Å². The predicted octanol–water partition coefficient (Wildman–Crippen LogP) is 6.19.